The smallest absolute Gasteiger partial charge is 0.236 e. The van der Waals surface area contributed by atoms with Crippen molar-refractivity contribution < 1.29 is 9.09 Å². The van der Waals surface area contributed by atoms with E-state index in [1.807, 2.05) is 49.4 Å². The van der Waals surface area contributed by atoms with E-state index in [1.54, 1.807) is 12.1 Å². The molecule has 0 spiro atoms. The summed E-state index contributed by atoms with van der Waals surface area (Å²) in [5, 5.41) is 1.43. The molecular weight excluding hydrogens is 279 g/mol. The van der Waals surface area contributed by atoms with Crippen molar-refractivity contribution in [3.63, 3.8) is 0 Å². The molecule has 2 aromatic rings. The fraction of sp³-hybridized carbons (Fsp3) is 0.200. The second kappa shape index (κ2) is 6.38. The van der Waals surface area contributed by atoms with Crippen molar-refractivity contribution in [1.82, 2.24) is 0 Å². The Kier molecular flexibility index (Phi) is 4.81. The lowest BCUT2D eigenvalue weighted by Gasteiger charge is -2.18. The fourth-order valence-corrected chi connectivity index (χ4v) is 4.19. The summed E-state index contributed by atoms with van der Waals surface area (Å²) in [5.41, 5.74) is 0.963. The van der Waals surface area contributed by atoms with Gasteiger partial charge in [0.25, 0.3) is 0 Å². The summed E-state index contributed by atoms with van der Waals surface area (Å²) < 4.78 is 18.6. The second-order valence-electron chi connectivity index (χ2n) is 4.21. The molecule has 0 aliphatic carbocycles. The highest BCUT2D eigenvalue weighted by Gasteiger charge is 2.25. The Balaban J connectivity index is 2.30. The SMILES string of the molecule is CCOP(=O)(Cc1ccc(Cl)cc1)c1ccccc1. The normalized spacial score (nSPS) is 14.0. The van der Waals surface area contributed by atoms with E-state index in [4.69, 9.17) is 16.1 Å². The third kappa shape index (κ3) is 3.70. The predicted molar refractivity (Wildman–Crippen MR) is 80.5 cm³/mol. The zero-order chi connectivity index (χ0) is 13.7. The summed E-state index contributed by atoms with van der Waals surface area (Å²) in [5.74, 6) is 0. The van der Waals surface area contributed by atoms with Gasteiger partial charge < -0.3 is 4.52 Å². The molecule has 19 heavy (non-hydrogen) atoms. The Morgan fingerprint density at radius 3 is 2.26 bits per heavy atom. The summed E-state index contributed by atoms with van der Waals surface area (Å²) in [6, 6.07) is 16.7. The van der Waals surface area contributed by atoms with Crippen LogP contribution in [-0.2, 0) is 15.3 Å². The molecule has 0 radical (unpaired) electrons. The lowest BCUT2D eigenvalue weighted by Crippen LogP contribution is -2.09. The zero-order valence-electron chi connectivity index (χ0n) is 10.8. The van der Waals surface area contributed by atoms with Gasteiger partial charge in [-0.25, -0.2) is 0 Å². The van der Waals surface area contributed by atoms with Gasteiger partial charge in [-0.2, -0.15) is 0 Å². The molecule has 0 heterocycles. The average molecular weight is 295 g/mol. The van der Waals surface area contributed by atoms with E-state index in [2.05, 4.69) is 0 Å². The molecule has 2 aromatic carbocycles. The summed E-state index contributed by atoms with van der Waals surface area (Å²) in [6.07, 6.45) is 0.391. The van der Waals surface area contributed by atoms with Crippen LogP contribution in [0.3, 0.4) is 0 Å². The molecular formula is C15H16ClO2P. The quantitative estimate of drug-likeness (QED) is 0.760. The maximum Gasteiger partial charge on any atom is 0.236 e. The third-order valence-electron chi connectivity index (χ3n) is 2.79. The highest BCUT2D eigenvalue weighted by Crippen LogP contribution is 2.49. The van der Waals surface area contributed by atoms with Gasteiger partial charge in [0.2, 0.25) is 7.37 Å². The van der Waals surface area contributed by atoms with E-state index in [1.165, 1.54) is 0 Å². The molecule has 100 valence electrons. The van der Waals surface area contributed by atoms with Crippen LogP contribution in [-0.4, -0.2) is 6.61 Å². The van der Waals surface area contributed by atoms with E-state index >= 15 is 0 Å². The van der Waals surface area contributed by atoms with Gasteiger partial charge in [0, 0.05) is 10.3 Å². The molecule has 0 aromatic heterocycles. The second-order valence-corrected chi connectivity index (χ2v) is 7.09. The molecule has 2 nitrogen and oxygen atoms in total. The predicted octanol–water partition coefficient (Wildman–Crippen LogP) is 4.48. The molecule has 0 aliphatic rings. The van der Waals surface area contributed by atoms with E-state index in [-0.39, 0.29) is 0 Å². The van der Waals surface area contributed by atoms with Crippen molar-refractivity contribution in [2.45, 2.75) is 13.1 Å². The van der Waals surface area contributed by atoms with Gasteiger partial charge in [-0.1, -0.05) is 41.9 Å². The largest absolute Gasteiger partial charge is 0.325 e. The number of hydrogen-bond acceptors (Lipinski definition) is 2. The Labute approximate surface area is 118 Å². The molecule has 0 saturated heterocycles. The first kappa shape index (κ1) is 14.3. The molecule has 1 unspecified atom stereocenters. The Hall–Kier alpha value is -1.08. The number of rotatable bonds is 5. The summed E-state index contributed by atoms with van der Waals surface area (Å²) in [7, 11) is -2.85. The topological polar surface area (TPSA) is 26.3 Å². The number of benzene rings is 2. The van der Waals surface area contributed by atoms with E-state index < -0.39 is 7.37 Å². The van der Waals surface area contributed by atoms with Gasteiger partial charge in [0.15, 0.2) is 0 Å². The highest BCUT2D eigenvalue weighted by molar-refractivity contribution is 7.66. The van der Waals surface area contributed by atoms with Crippen LogP contribution in [0.4, 0.5) is 0 Å². The highest BCUT2D eigenvalue weighted by atomic mass is 35.5. The van der Waals surface area contributed by atoms with Gasteiger partial charge in [-0.3, -0.25) is 4.57 Å². The van der Waals surface area contributed by atoms with Gasteiger partial charge in [-0.05, 0) is 36.8 Å². The van der Waals surface area contributed by atoms with Crippen LogP contribution in [0.2, 0.25) is 5.02 Å². The van der Waals surface area contributed by atoms with Crippen LogP contribution in [0.25, 0.3) is 0 Å². The van der Waals surface area contributed by atoms with Crippen molar-refractivity contribution in [1.29, 1.82) is 0 Å². The lowest BCUT2D eigenvalue weighted by atomic mass is 10.2. The zero-order valence-corrected chi connectivity index (χ0v) is 12.4. The van der Waals surface area contributed by atoms with Crippen LogP contribution in [0, 0.1) is 0 Å². The maximum atomic E-state index is 13.0. The van der Waals surface area contributed by atoms with Crippen LogP contribution < -0.4 is 5.30 Å². The Morgan fingerprint density at radius 1 is 1.05 bits per heavy atom. The van der Waals surface area contributed by atoms with Crippen LogP contribution in [0.5, 0.6) is 0 Å². The molecule has 0 saturated carbocycles. The lowest BCUT2D eigenvalue weighted by molar-refractivity contribution is 0.340. The first-order valence-corrected chi connectivity index (χ1v) is 8.36. The van der Waals surface area contributed by atoms with Crippen LogP contribution >= 0.6 is 19.0 Å². The monoisotopic (exact) mass is 294 g/mol. The number of halogens is 1. The minimum atomic E-state index is -2.85. The average Bonchev–Trinajstić information content (AvgIpc) is 2.43. The van der Waals surface area contributed by atoms with Gasteiger partial charge in [0.1, 0.15) is 0 Å². The van der Waals surface area contributed by atoms with Crippen molar-refractivity contribution in [3.05, 3.63) is 65.2 Å². The Morgan fingerprint density at radius 2 is 1.68 bits per heavy atom. The van der Waals surface area contributed by atoms with E-state index in [0.717, 1.165) is 10.9 Å². The minimum Gasteiger partial charge on any atom is -0.325 e. The summed E-state index contributed by atoms with van der Waals surface area (Å²) in [4.78, 5) is 0. The van der Waals surface area contributed by atoms with Gasteiger partial charge >= 0.3 is 0 Å². The van der Waals surface area contributed by atoms with Crippen molar-refractivity contribution in [3.8, 4) is 0 Å². The molecule has 4 heteroatoms. The standard InChI is InChI=1S/C15H16ClO2P/c1-2-18-19(17,15-6-4-3-5-7-15)12-13-8-10-14(16)11-9-13/h3-11H,2,12H2,1H3. The fourth-order valence-electron chi connectivity index (χ4n) is 1.91. The van der Waals surface area contributed by atoms with Crippen molar-refractivity contribution in [2.24, 2.45) is 0 Å². The molecule has 0 amide bonds. The first-order valence-electron chi connectivity index (χ1n) is 6.18. The van der Waals surface area contributed by atoms with Crippen molar-refractivity contribution >= 4 is 24.3 Å². The van der Waals surface area contributed by atoms with E-state index in [0.29, 0.717) is 17.8 Å². The number of hydrogen-bond donors (Lipinski definition) is 0. The third-order valence-corrected chi connectivity index (χ3v) is 5.58. The molecule has 0 N–H and O–H groups in total. The van der Waals surface area contributed by atoms with Crippen LogP contribution in [0.15, 0.2) is 54.6 Å². The summed E-state index contributed by atoms with van der Waals surface area (Å²) >= 11 is 5.86. The van der Waals surface area contributed by atoms with Crippen LogP contribution in [0.1, 0.15) is 12.5 Å². The Bertz CT molecular complexity index is 566. The van der Waals surface area contributed by atoms with Crippen molar-refractivity contribution in [2.75, 3.05) is 6.61 Å². The summed E-state index contributed by atoms with van der Waals surface area (Å²) in [6.45, 7) is 2.29. The first-order chi connectivity index (χ1) is 9.14. The molecule has 0 aliphatic heterocycles. The molecule has 1 atom stereocenters. The van der Waals surface area contributed by atoms with E-state index in [9.17, 15) is 4.57 Å². The minimum absolute atomic E-state index is 0.391. The maximum absolute atomic E-state index is 13.0. The molecule has 0 fully saturated rings. The van der Waals surface area contributed by atoms with Gasteiger partial charge in [0.05, 0.1) is 12.8 Å². The van der Waals surface area contributed by atoms with Gasteiger partial charge in [-0.15, -0.1) is 0 Å². The molecule has 0 bridgehead atoms. The molecule has 2 rings (SSSR count).